The number of carbonyl (C=O) groups excluding carboxylic acids is 1. The van der Waals surface area contributed by atoms with Gasteiger partial charge in [-0.05, 0) is 37.8 Å². The summed E-state index contributed by atoms with van der Waals surface area (Å²) in [6.45, 7) is 2.83. The van der Waals surface area contributed by atoms with Crippen LogP contribution in [0.5, 0.6) is 0 Å². The summed E-state index contributed by atoms with van der Waals surface area (Å²) in [5.74, 6) is -0.291. The molecule has 1 N–H and O–H groups in total. The molecule has 0 radical (unpaired) electrons. The zero-order valence-corrected chi connectivity index (χ0v) is 14.4. The predicted octanol–water partition coefficient (Wildman–Crippen LogP) is 2.88. The molecule has 0 aliphatic carbocycles. The Morgan fingerprint density at radius 3 is 2.64 bits per heavy atom. The molecule has 1 unspecified atom stereocenters. The lowest BCUT2D eigenvalue weighted by Crippen LogP contribution is -2.32. The largest absolute Gasteiger partial charge is 0.376 e. The summed E-state index contributed by atoms with van der Waals surface area (Å²) in [6, 6.07) is 4.79. The van der Waals surface area contributed by atoms with Crippen molar-refractivity contribution < 1.29 is 14.5 Å². The molecule has 0 spiro atoms. The second-order valence-electron chi connectivity index (χ2n) is 6.71. The molecule has 2 aliphatic rings. The maximum Gasteiger partial charge on any atom is 0.293 e. The van der Waals surface area contributed by atoms with E-state index < -0.39 is 4.92 Å². The van der Waals surface area contributed by atoms with Gasteiger partial charge in [0, 0.05) is 37.9 Å². The zero-order valence-electron chi connectivity index (χ0n) is 14.4. The number of anilines is 1. The summed E-state index contributed by atoms with van der Waals surface area (Å²) in [7, 11) is 0. The molecule has 2 aliphatic heterocycles. The average molecular weight is 347 g/mol. The normalized spacial score (nSPS) is 21.0. The average Bonchev–Trinajstić information content (AvgIpc) is 2.99. The fourth-order valence-electron chi connectivity index (χ4n) is 3.50. The Balaban J connectivity index is 1.73. The topological polar surface area (TPSA) is 84.7 Å². The molecule has 2 heterocycles. The lowest BCUT2D eigenvalue weighted by Gasteiger charge is -2.22. The van der Waals surface area contributed by atoms with Crippen LogP contribution in [0.4, 0.5) is 11.4 Å². The number of nitrogens with zero attached hydrogens (tertiary/aromatic N) is 2. The van der Waals surface area contributed by atoms with Crippen LogP contribution in [0.2, 0.25) is 0 Å². The summed E-state index contributed by atoms with van der Waals surface area (Å²) in [5, 5.41) is 14.3. The molecule has 1 amide bonds. The van der Waals surface area contributed by atoms with Gasteiger partial charge in [-0.1, -0.05) is 12.8 Å². The smallest absolute Gasteiger partial charge is 0.293 e. The van der Waals surface area contributed by atoms with Gasteiger partial charge >= 0.3 is 0 Å². The number of rotatable bonds is 5. The maximum absolute atomic E-state index is 12.3. The number of nitrogens with one attached hydrogen (secondary N) is 1. The van der Waals surface area contributed by atoms with Crippen LogP contribution < -0.4 is 10.2 Å². The first-order chi connectivity index (χ1) is 12.1. The Labute approximate surface area is 147 Å². The minimum absolute atomic E-state index is 0.00617. The molecule has 2 saturated heterocycles. The number of nitro benzene ring substituents is 1. The van der Waals surface area contributed by atoms with Crippen LogP contribution in [0.3, 0.4) is 0 Å². The zero-order chi connectivity index (χ0) is 17.6. The Bertz CT molecular complexity index is 621. The minimum Gasteiger partial charge on any atom is -0.376 e. The first-order valence-corrected chi connectivity index (χ1v) is 9.08. The Morgan fingerprint density at radius 1 is 1.24 bits per heavy atom. The lowest BCUT2D eigenvalue weighted by molar-refractivity contribution is -0.384. The van der Waals surface area contributed by atoms with Crippen LogP contribution in [0.25, 0.3) is 0 Å². The molecular weight excluding hydrogens is 322 g/mol. The van der Waals surface area contributed by atoms with Gasteiger partial charge in [-0.15, -0.1) is 0 Å². The monoisotopic (exact) mass is 347 g/mol. The summed E-state index contributed by atoms with van der Waals surface area (Å²) < 4.78 is 5.48. The molecule has 1 aromatic carbocycles. The molecule has 1 aromatic rings. The second-order valence-corrected chi connectivity index (χ2v) is 6.71. The number of ether oxygens (including phenoxy) is 1. The van der Waals surface area contributed by atoms with Gasteiger partial charge in [-0.25, -0.2) is 0 Å². The molecule has 0 saturated carbocycles. The van der Waals surface area contributed by atoms with Crippen molar-refractivity contribution in [3.05, 3.63) is 33.9 Å². The fraction of sp³-hybridized carbons (Fsp3) is 0.611. The van der Waals surface area contributed by atoms with E-state index in [4.69, 9.17) is 4.74 Å². The van der Waals surface area contributed by atoms with Crippen molar-refractivity contribution in [2.24, 2.45) is 0 Å². The van der Waals surface area contributed by atoms with E-state index >= 15 is 0 Å². The molecule has 7 nitrogen and oxygen atoms in total. The molecule has 7 heteroatoms. The second kappa shape index (κ2) is 8.29. The van der Waals surface area contributed by atoms with Crippen molar-refractivity contribution in [3.8, 4) is 0 Å². The predicted molar refractivity (Wildman–Crippen MR) is 95.1 cm³/mol. The van der Waals surface area contributed by atoms with E-state index in [0.29, 0.717) is 17.8 Å². The molecule has 3 rings (SSSR count). The SMILES string of the molecule is O=C(NCC1CCCO1)c1ccc(N2CCCCCC2)c([N+](=O)[O-])c1. The van der Waals surface area contributed by atoms with Crippen molar-refractivity contribution in [1.29, 1.82) is 0 Å². The summed E-state index contributed by atoms with van der Waals surface area (Å²) in [4.78, 5) is 25.5. The lowest BCUT2D eigenvalue weighted by atomic mass is 10.1. The standard InChI is InChI=1S/C18H25N3O4/c22-18(19-13-15-6-5-11-25-15)14-7-8-16(17(12-14)21(23)24)20-9-3-1-2-4-10-20/h7-8,12,15H,1-6,9-11,13H2,(H,19,22). The first kappa shape index (κ1) is 17.7. The minimum atomic E-state index is -0.392. The van der Waals surface area contributed by atoms with E-state index in [-0.39, 0.29) is 17.7 Å². The highest BCUT2D eigenvalue weighted by atomic mass is 16.6. The number of nitro groups is 1. The Kier molecular flexibility index (Phi) is 5.86. The van der Waals surface area contributed by atoms with Gasteiger partial charge in [0.2, 0.25) is 0 Å². The fourth-order valence-corrected chi connectivity index (χ4v) is 3.50. The third-order valence-electron chi connectivity index (χ3n) is 4.90. The maximum atomic E-state index is 12.3. The third-order valence-corrected chi connectivity index (χ3v) is 4.90. The molecule has 2 fully saturated rings. The van der Waals surface area contributed by atoms with Gasteiger partial charge in [0.15, 0.2) is 0 Å². The Hall–Kier alpha value is -2.15. The number of benzene rings is 1. The van der Waals surface area contributed by atoms with Crippen LogP contribution in [-0.2, 0) is 4.74 Å². The van der Waals surface area contributed by atoms with Crippen LogP contribution >= 0.6 is 0 Å². The van der Waals surface area contributed by atoms with Crippen molar-refractivity contribution >= 4 is 17.3 Å². The molecule has 136 valence electrons. The van der Waals surface area contributed by atoms with E-state index in [2.05, 4.69) is 10.2 Å². The first-order valence-electron chi connectivity index (χ1n) is 9.08. The van der Waals surface area contributed by atoms with Crippen LogP contribution in [-0.4, -0.2) is 43.2 Å². The van der Waals surface area contributed by atoms with E-state index in [1.807, 2.05) is 0 Å². The highest BCUT2D eigenvalue weighted by molar-refractivity contribution is 5.95. The van der Waals surface area contributed by atoms with Crippen LogP contribution in [0.15, 0.2) is 18.2 Å². The van der Waals surface area contributed by atoms with E-state index in [0.717, 1.165) is 58.2 Å². The van der Waals surface area contributed by atoms with E-state index in [9.17, 15) is 14.9 Å². The number of carbonyl (C=O) groups is 1. The molecular formula is C18H25N3O4. The molecule has 0 aromatic heterocycles. The van der Waals surface area contributed by atoms with E-state index in [1.54, 1.807) is 12.1 Å². The Morgan fingerprint density at radius 2 is 2.00 bits per heavy atom. The molecule has 1 atom stereocenters. The molecule has 25 heavy (non-hydrogen) atoms. The van der Waals surface area contributed by atoms with Gasteiger partial charge in [0.05, 0.1) is 11.0 Å². The third kappa shape index (κ3) is 4.48. The van der Waals surface area contributed by atoms with Crippen molar-refractivity contribution in [2.75, 3.05) is 31.1 Å². The highest BCUT2D eigenvalue weighted by Crippen LogP contribution is 2.31. The van der Waals surface area contributed by atoms with Crippen molar-refractivity contribution in [3.63, 3.8) is 0 Å². The van der Waals surface area contributed by atoms with Gasteiger partial charge < -0.3 is 15.0 Å². The van der Waals surface area contributed by atoms with Gasteiger partial charge in [-0.3, -0.25) is 14.9 Å². The molecule has 0 bridgehead atoms. The van der Waals surface area contributed by atoms with Crippen molar-refractivity contribution in [2.45, 2.75) is 44.6 Å². The number of amides is 1. The van der Waals surface area contributed by atoms with Gasteiger partial charge in [-0.2, -0.15) is 0 Å². The van der Waals surface area contributed by atoms with Crippen LogP contribution in [0.1, 0.15) is 48.9 Å². The summed E-state index contributed by atoms with van der Waals surface area (Å²) in [6.07, 6.45) is 6.41. The summed E-state index contributed by atoms with van der Waals surface area (Å²) >= 11 is 0. The highest BCUT2D eigenvalue weighted by Gasteiger charge is 2.23. The van der Waals surface area contributed by atoms with E-state index in [1.165, 1.54) is 6.07 Å². The van der Waals surface area contributed by atoms with Gasteiger partial charge in [0.1, 0.15) is 5.69 Å². The van der Waals surface area contributed by atoms with Crippen molar-refractivity contribution in [1.82, 2.24) is 5.32 Å². The quantitative estimate of drug-likeness (QED) is 0.654. The van der Waals surface area contributed by atoms with Crippen LogP contribution in [0, 0.1) is 10.1 Å². The summed E-state index contributed by atoms with van der Waals surface area (Å²) in [5.41, 5.74) is 0.942. The number of hydrogen-bond donors (Lipinski definition) is 1. The number of hydrogen-bond acceptors (Lipinski definition) is 5. The van der Waals surface area contributed by atoms with Gasteiger partial charge in [0.25, 0.3) is 11.6 Å².